The molecule has 184 valence electrons. The monoisotopic (exact) mass is 521 g/mol. The average Bonchev–Trinajstić information content (AvgIpc) is 3.14. The van der Waals surface area contributed by atoms with Crippen molar-refractivity contribution in [3.8, 4) is 22.5 Å². The van der Waals surface area contributed by atoms with E-state index in [2.05, 4.69) is 24.4 Å². The summed E-state index contributed by atoms with van der Waals surface area (Å²) in [4.78, 5) is 23.0. The number of hydrogen-bond donors (Lipinski definition) is 2. The minimum Gasteiger partial charge on any atom is -0.481 e. The summed E-state index contributed by atoms with van der Waals surface area (Å²) in [6.45, 7) is 4.68. The standard InChI is InChI=1S/C28H25Cl2N3O3/c1-17-5-3-4-6-24(17)27-18(2)26(21-13-22(29)15-23(30)14-21)32-33(27)16-19-7-9-20(10-8-19)28(36)31-12-11-25(34)35/h3-10,13-15H,11-12,16H2,1-2H3,(H,31,36)(H,34,35). The molecule has 1 aromatic heterocycles. The van der Waals surface area contributed by atoms with Crippen molar-refractivity contribution in [1.29, 1.82) is 0 Å². The van der Waals surface area contributed by atoms with E-state index in [1.54, 1.807) is 18.2 Å². The van der Waals surface area contributed by atoms with E-state index in [0.717, 1.165) is 39.2 Å². The van der Waals surface area contributed by atoms with Crippen LogP contribution in [0.25, 0.3) is 22.5 Å². The molecule has 0 aliphatic carbocycles. The van der Waals surface area contributed by atoms with E-state index in [1.165, 1.54) is 0 Å². The SMILES string of the molecule is Cc1ccccc1-c1c(C)c(-c2cc(Cl)cc(Cl)c2)nn1Cc1ccc(C(=O)NCCC(=O)O)cc1. The number of carbonyl (C=O) groups is 2. The minimum absolute atomic E-state index is 0.0819. The van der Waals surface area contributed by atoms with Crippen molar-refractivity contribution in [1.82, 2.24) is 15.1 Å². The summed E-state index contributed by atoms with van der Waals surface area (Å²) in [5.41, 5.74) is 7.28. The maximum Gasteiger partial charge on any atom is 0.305 e. The Kier molecular flexibility index (Phi) is 7.77. The van der Waals surface area contributed by atoms with Gasteiger partial charge >= 0.3 is 5.97 Å². The van der Waals surface area contributed by atoms with Crippen LogP contribution in [0.3, 0.4) is 0 Å². The van der Waals surface area contributed by atoms with E-state index >= 15 is 0 Å². The largest absolute Gasteiger partial charge is 0.481 e. The van der Waals surface area contributed by atoms with Crippen LogP contribution in [0.1, 0.15) is 33.5 Å². The van der Waals surface area contributed by atoms with Crippen LogP contribution in [-0.4, -0.2) is 33.3 Å². The molecule has 0 saturated heterocycles. The smallest absolute Gasteiger partial charge is 0.305 e. The van der Waals surface area contributed by atoms with Crippen LogP contribution in [0.2, 0.25) is 10.0 Å². The lowest BCUT2D eigenvalue weighted by molar-refractivity contribution is -0.136. The van der Waals surface area contributed by atoms with Gasteiger partial charge in [-0.15, -0.1) is 0 Å². The van der Waals surface area contributed by atoms with Gasteiger partial charge in [0.2, 0.25) is 0 Å². The van der Waals surface area contributed by atoms with Crippen LogP contribution in [0.4, 0.5) is 0 Å². The number of aryl methyl sites for hydroxylation is 1. The molecule has 0 spiro atoms. The number of carboxylic acid groups (broad SMARTS) is 1. The van der Waals surface area contributed by atoms with Crippen LogP contribution in [0.5, 0.6) is 0 Å². The van der Waals surface area contributed by atoms with E-state index in [4.69, 9.17) is 33.4 Å². The molecule has 8 heteroatoms. The highest BCUT2D eigenvalue weighted by Gasteiger charge is 2.20. The molecule has 4 rings (SSSR count). The summed E-state index contributed by atoms with van der Waals surface area (Å²) in [5.74, 6) is -1.26. The first-order valence-electron chi connectivity index (χ1n) is 11.4. The number of nitrogens with zero attached hydrogens (tertiary/aromatic N) is 2. The maximum absolute atomic E-state index is 12.3. The number of halogens is 2. The Bertz CT molecular complexity index is 1410. The van der Waals surface area contributed by atoms with Gasteiger partial charge in [0.15, 0.2) is 0 Å². The molecule has 2 N–H and O–H groups in total. The van der Waals surface area contributed by atoms with Crippen LogP contribution in [0, 0.1) is 13.8 Å². The number of aromatic nitrogens is 2. The molecule has 0 aliphatic heterocycles. The number of benzene rings is 3. The second kappa shape index (κ2) is 11.0. The van der Waals surface area contributed by atoms with Gasteiger partial charge in [0.25, 0.3) is 5.91 Å². The van der Waals surface area contributed by atoms with E-state index in [0.29, 0.717) is 22.2 Å². The lowest BCUT2D eigenvalue weighted by Crippen LogP contribution is -2.25. The fraction of sp³-hybridized carbons (Fsp3) is 0.179. The Morgan fingerprint density at radius 2 is 1.64 bits per heavy atom. The lowest BCUT2D eigenvalue weighted by Gasteiger charge is -2.12. The van der Waals surface area contributed by atoms with E-state index in [9.17, 15) is 9.59 Å². The Labute approximate surface area is 219 Å². The zero-order valence-electron chi connectivity index (χ0n) is 19.9. The predicted molar refractivity (Wildman–Crippen MR) is 143 cm³/mol. The summed E-state index contributed by atoms with van der Waals surface area (Å²) < 4.78 is 1.96. The van der Waals surface area contributed by atoms with Crippen LogP contribution >= 0.6 is 23.2 Å². The van der Waals surface area contributed by atoms with Crippen LogP contribution in [0.15, 0.2) is 66.7 Å². The van der Waals surface area contributed by atoms with Crippen LogP contribution < -0.4 is 5.32 Å². The van der Waals surface area contributed by atoms with Crippen molar-refractivity contribution in [3.63, 3.8) is 0 Å². The molecule has 1 amide bonds. The number of aliphatic carboxylic acids is 1. The number of rotatable bonds is 8. The van der Waals surface area contributed by atoms with Gasteiger partial charge in [-0.2, -0.15) is 5.10 Å². The van der Waals surface area contributed by atoms with Gasteiger partial charge in [0.1, 0.15) is 0 Å². The Morgan fingerprint density at radius 1 is 0.972 bits per heavy atom. The molecule has 3 aromatic carbocycles. The molecular formula is C28H25Cl2N3O3. The van der Waals surface area contributed by atoms with Gasteiger partial charge in [-0.3, -0.25) is 14.3 Å². The normalized spacial score (nSPS) is 10.9. The molecule has 0 bridgehead atoms. The number of hydrogen-bond acceptors (Lipinski definition) is 3. The lowest BCUT2D eigenvalue weighted by atomic mass is 9.99. The molecule has 0 saturated carbocycles. The molecule has 0 atom stereocenters. The number of carbonyl (C=O) groups excluding carboxylic acids is 1. The first-order chi connectivity index (χ1) is 17.2. The molecule has 6 nitrogen and oxygen atoms in total. The fourth-order valence-corrected chi connectivity index (χ4v) is 4.66. The van der Waals surface area contributed by atoms with Crippen molar-refractivity contribution < 1.29 is 14.7 Å². The first kappa shape index (κ1) is 25.5. The third kappa shape index (κ3) is 5.78. The second-order valence-corrected chi connectivity index (χ2v) is 9.42. The minimum atomic E-state index is -0.955. The molecule has 0 unspecified atom stereocenters. The highest BCUT2D eigenvalue weighted by molar-refractivity contribution is 6.35. The van der Waals surface area contributed by atoms with Gasteiger partial charge < -0.3 is 10.4 Å². The average molecular weight is 522 g/mol. The summed E-state index contributed by atoms with van der Waals surface area (Å²) in [5, 5.41) is 17.4. The summed E-state index contributed by atoms with van der Waals surface area (Å²) in [6.07, 6.45) is -0.121. The summed E-state index contributed by atoms with van der Waals surface area (Å²) in [7, 11) is 0. The van der Waals surface area contributed by atoms with Gasteiger partial charge in [0, 0.05) is 38.8 Å². The topological polar surface area (TPSA) is 84.2 Å². The van der Waals surface area contributed by atoms with Gasteiger partial charge in [-0.05, 0) is 55.3 Å². The third-order valence-corrected chi connectivity index (χ3v) is 6.33. The van der Waals surface area contributed by atoms with Gasteiger partial charge in [-0.1, -0.05) is 59.6 Å². The Balaban J connectivity index is 1.68. The first-order valence-corrected chi connectivity index (χ1v) is 12.2. The molecule has 36 heavy (non-hydrogen) atoms. The van der Waals surface area contributed by atoms with Crippen molar-refractivity contribution in [2.24, 2.45) is 0 Å². The van der Waals surface area contributed by atoms with E-state index in [-0.39, 0.29) is 18.9 Å². The molecule has 0 radical (unpaired) electrons. The maximum atomic E-state index is 12.3. The van der Waals surface area contributed by atoms with Crippen molar-refractivity contribution in [3.05, 3.63) is 99.0 Å². The third-order valence-electron chi connectivity index (χ3n) is 5.90. The zero-order valence-corrected chi connectivity index (χ0v) is 21.4. The molecule has 1 heterocycles. The second-order valence-electron chi connectivity index (χ2n) is 8.55. The Hall–Kier alpha value is -3.61. The predicted octanol–water partition coefficient (Wildman–Crippen LogP) is 6.39. The van der Waals surface area contributed by atoms with E-state index < -0.39 is 5.97 Å². The van der Waals surface area contributed by atoms with Gasteiger partial charge in [0.05, 0.1) is 24.4 Å². The van der Waals surface area contributed by atoms with Crippen LogP contribution in [-0.2, 0) is 11.3 Å². The summed E-state index contributed by atoms with van der Waals surface area (Å²) >= 11 is 12.6. The van der Waals surface area contributed by atoms with Gasteiger partial charge in [-0.25, -0.2) is 0 Å². The molecular weight excluding hydrogens is 497 g/mol. The van der Waals surface area contributed by atoms with Crippen molar-refractivity contribution in [2.45, 2.75) is 26.8 Å². The summed E-state index contributed by atoms with van der Waals surface area (Å²) in [6, 6.07) is 20.8. The zero-order chi connectivity index (χ0) is 25.8. The van der Waals surface area contributed by atoms with E-state index in [1.807, 2.05) is 48.0 Å². The molecule has 0 aliphatic rings. The molecule has 4 aromatic rings. The van der Waals surface area contributed by atoms with Crippen molar-refractivity contribution >= 4 is 35.1 Å². The fourth-order valence-electron chi connectivity index (χ4n) is 4.13. The number of amides is 1. The molecule has 0 fully saturated rings. The highest BCUT2D eigenvalue weighted by atomic mass is 35.5. The van der Waals surface area contributed by atoms with Crippen molar-refractivity contribution in [2.75, 3.05) is 6.54 Å². The number of carboxylic acids is 1. The quantitative estimate of drug-likeness (QED) is 0.281. The Morgan fingerprint density at radius 3 is 2.28 bits per heavy atom. The highest BCUT2D eigenvalue weighted by Crippen LogP contribution is 2.35. The number of nitrogens with one attached hydrogen (secondary N) is 1.